The number of aryl methyl sites for hydroxylation is 2. The smallest absolute Gasteiger partial charge is 0.248 e. The Morgan fingerprint density at radius 3 is 2.72 bits per heavy atom. The highest BCUT2D eigenvalue weighted by atomic mass is 32.2. The van der Waals surface area contributed by atoms with E-state index in [-0.39, 0.29) is 35.6 Å². The molecule has 10 heteroatoms. The van der Waals surface area contributed by atoms with Crippen molar-refractivity contribution in [3.05, 3.63) is 57.7 Å². The second kappa shape index (κ2) is 9.35. The molecule has 0 bridgehead atoms. The van der Waals surface area contributed by atoms with Gasteiger partial charge >= 0.3 is 0 Å². The van der Waals surface area contributed by atoms with Gasteiger partial charge in [-0.15, -0.1) is 11.3 Å². The number of thiophene rings is 1. The molecular formula is C22H24N4O4S2. The second-order valence-corrected chi connectivity index (χ2v) is 10.6. The van der Waals surface area contributed by atoms with E-state index < -0.39 is 10.0 Å². The molecule has 4 rings (SSSR count). The lowest BCUT2D eigenvalue weighted by Crippen LogP contribution is -2.41. The quantitative estimate of drug-likeness (QED) is 0.582. The average Bonchev–Trinajstić information content (AvgIpc) is 3.42. The van der Waals surface area contributed by atoms with Crippen molar-refractivity contribution < 1.29 is 17.7 Å². The average molecular weight is 473 g/mol. The summed E-state index contributed by atoms with van der Waals surface area (Å²) in [7, 11) is -3.80. The van der Waals surface area contributed by atoms with Crippen molar-refractivity contribution in [2.45, 2.75) is 31.6 Å². The maximum absolute atomic E-state index is 13.3. The van der Waals surface area contributed by atoms with Crippen molar-refractivity contribution in [2.75, 3.05) is 18.4 Å². The summed E-state index contributed by atoms with van der Waals surface area (Å²) < 4.78 is 33.4. The molecule has 0 spiro atoms. The first kappa shape index (κ1) is 22.4. The summed E-state index contributed by atoms with van der Waals surface area (Å²) in [6.45, 7) is 4.05. The number of rotatable bonds is 6. The summed E-state index contributed by atoms with van der Waals surface area (Å²) >= 11 is 1.54. The molecule has 32 heavy (non-hydrogen) atoms. The topological polar surface area (TPSA) is 105 Å². The molecule has 0 radical (unpaired) electrons. The summed E-state index contributed by atoms with van der Waals surface area (Å²) in [5.74, 6) is 0.306. The Labute approximate surface area is 191 Å². The van der Waals surface area contributed by atoms with Crippen LogP contribution in [-0.4, -0.2) is 41.9 Å². The van der Waals surface area contributed by atoms with Gasteiger partial charge in [-0.2, -0.15) is 4.31 Å². The first-order valence-corrected chi connectivity index (χ1v) is 12.6. The minimum absolute atomic E-state index is 0.0807. The van der Waals surface area contributed by atoms with Gasteiger partial charge in [0, 0.05) is 30.1 Å². The zero-order valence-electron chi connectivity index (χ0n) is 17.8. The Kier molecular flexibility index (Phi) is 6.54. The van der Waals surface area contributed by atoms with E-state index in [1.54, 1.807) is 42.7 Å². The molecule has 4 heterocycles. The van der Waals surface area contributed by atoms with E-state index in [1.807, 2.05) is 30.5 Å². The third-order valence-electron chi connectivity index (χ3n) is 5.36. The van der Waals surface area contributed by atoms with Gasteiger partial charge in [0.25, 0.3) is 0 Å². The van der Waals surface area contributed by atoms with Crippen molar-refractivity contribution in [3.8, 4) is 0 Å². The van der Waals surface area contributed by atoms with Gasteiger partial charge in [-0.3, -0.25) is 4.79 Å². The largest absolute Gasteiger partial charge is 0.355 e. The fourth-order valence-corrected chi connectivity index (χ4v) is 6.00. The highest BCUT2D eigenvalue weighted by Crippen LogP contribution is 2.29. The number of amides is 1. The molecule has 1 fully saturated rings. The van der Waals surface area contributed by atoms with E-state index in [1.165, 1.54) is 4.31 Å². The van der Waals surface area contributed by atoms with Crippen molar-refractivity contribution in [3.63, 3.8) is 0 Å². The number of carbonyl (C=O) groups excluding carboxylic acids is 1. The Morgan fingerprint density at radius 2 is 2.03 bits per heavy atom. The Morgan fingerprint density at radius 1 is 1.25 bits per heavy atom. The first-order chi connectivity index (χ1) is 15.3. The van der Waals surface area contributed by atoms with E-state index in [4.69, 9.17) is 4.52 Å². The van der Waals surface area contributed by atoms with Crippen molar-refractivity contribution in [1.82, 2.24) is 14.4 Å². The Hall–Kier alpha value is -2.82. The molecule has 1 aliphatic heterocycles. The predicted molar refractivity (Wildman–Crippen MR) is 124 cm³/mol. The molecule has 0 aromatic carbocycles. The third-order valence-corrected chi connectivity index (χ3v) is 8.26. The molecule has 1 amide bonds. The highest BCUT2D eigenvalue weighted by Gasteiger charge is 2.36. The molecule has 0 atom stereocenters. The van der Waals surface area contributed by atoms with Crippen LogP contribution >= 0.6 is 11.3 Å². The number of carbonyl (C=O) groups is 1. The molecule has 1 aliphatic rings. The number of hydrogen-bond acceptors (Lipinski definition) is 7. The minimum atomic E-state index is -3.80. The van der Waals surface area contributed by atoms with E-state index in [0.717, 1.165) is 10.4 Å². The van der Waals surface area contributed by atoms with Crippen molar-refractivity contribution >= 4 is 45.2 Å². The molecule has 0 unspecified atom stereocenters. The van der Waals surface area contributed by atoms with E-state index >= 15 is 0 Å². The SMILES string of the molecule is Cc1ccnc(NC(=O)C2CCN(S(=O)(=O)c3c(C)noc3/C=C/c3cccs3)CC2)c1. The van der Waals surface area contributed by atoms with Gasteiger partial charge in [0.2, 0.25) is 15.9 Å². The van der Waals surface area contributed by atoms with Gasteiger partial charge in [0.15, 0.2) is 10.7 Å². The van der Waals surface area contributed by atoms with Gasteiger partial charge in [0.05, 0.1) is 0 Å². The minimum Gasteiger partial charge on any atom is -0.355 e. The van der Waals surface area contributed by atoms with Crippen LogP contribution in [0.4, 0.5) is 5.82 Å². The standard InChI is InChI=1S/C22H24N4O4S2/c1-15-7-10-23-20(14-15)24-22(27)17-8-11-26(12-9-17)32(28,29)21-16(2)25-30-19(21)6-5-18-4-3-13-31-18/h3-7,10,13-14,17H,8-9,11-12H2,1-2H3,(H,23,24,27)/b6-5+. The monoisotopic (exact) mass is 472 g/mol. The molecule has 1 N–H and O–H groups in total. The molecule has 3 aromatic rings. The van der Waals surface area contributed by atoms with E-state index in [2.05, 4.69) is 15.5 Å². The molecule has 0 saturated carbocycles. The maximum Gasteiger partial charge on any atom is 0.248 e. The summed E-state index contributed by atoms with van der Waals surface area (Å²) in [5.41, 5.74) is 1.32. The lowest BCUT2D eigenvalue weighted by molar-refractivity contribution is -0.120. The zero-order valence-corrected chi connectivity index (χ0v) is 19.4. The first-order valence-electron chi connectivity index (χ1n) is 10.3. The second-order valence-electron chi connectivity index (χ2n) is 7.70. The molecule has 0 aliphatic carbocycles. The van der Waals surface area contributed by atoms with Crippen LogP contribution in [0.5, 0.6) is 0 Å². The number of hydrogen-bond donors (Lipinski definition) is 1. The number of sulfonamides is 1. The molecule has 1 saturated heterocycles. The number of nitrogens with one attached hydrogen (secondary N) is 1. The summed E-state index contributed by atoms with van der Waals surface area (Å²) in [4.78, 5) is 17.8. The van der Waals surface area contributed by atoms with Crippen LogP contribution in [-0.2, 0) is 14.8 Å². The third kappa shape index (κ3) is 4.82. The van der Waals surface area contributed by atoms with Crippen molar-refractivity contribution in [2.24, 2.45) is 5.92 Å². The molecule has 3 aromatic heterocycles. The van der Waals surface area contributed by atoms with Crippen LogP contribution < -0.4 is 5.32 Å². The number of nitrogens with zero attached hydrogens (tertiary/aromatic N) is 3. The zero-order chi connectivity index (χ0) is 22.7. The molecular weight excluding hydrogens is 448 g/mol. The number of aromatic nitrogens is 2. The van der Waals surface area contributed by atoms with Crippen LogP contribution in [0, 0.1) is 19.8 Å². The Bertz CT molecular complexity index is 1220. The number of pyridine rings is 1. The lowest BCUT2D eigenvalue weighted by atomic mass is 9.97. The van der Waals surface area contributed by atoms with Gasteiger partial charge in [-0.05, 0) is 68.0 Å². The number of piperidine rings is 1. The lowest BCUT2D eigenvalue weighted by Gasteiger charge is -2.30. The van der Waals surface area contributed by atoms with Crippen LogP contribution in [0.3, 0.4) is 0 Å². The predicted octanol–water partition coefficient (Wildman–Crippen LogP) is 3.96. The summed E-state index contributed by atoms with van der Waals surface area (Å²) in [5, 5.41) is 8.65. The normalized spacial score (nSPS) is 15.9. The van der Waals surface area contributed by atoms with Gasteiger partial charge < -0.3 is 9.84 Å². The Balaban J connectivity index is 1.44. The van der Waals surface area contributed by atoms with Crippen LogP contribution in [0.15, 0.2) is 45.3 Å². The summed E-state index contributed by atoms with van der Waals surface area (Å²) in [6, 6.07) is 7.51. The highest BCUT2D eigenvalue weighted by molar-refractivity contribution is 7.89. The van der Waals surface area contributed by atoms with E-state index in [0.29, 0.717) is 24.4 Å². The fraction of sp³-hybridized carbons (Fsp3) is 0.318. The van der Waals surface area contributed by atoms with Crippen molar-refractivity contribution in [1.29, 1.82) is 0 Å². The number of anilines is 1. The fourth-order valence-electron chi connectivity index (χ4n) is 3.66. The van der Waals surface area contributed by atoms with Gasteiger partial charge in [-0.1, -0.05) is 11.2 Å². The molecule has 168 valence electrons. The summed E-state index contributed by atoms with van der Waals surface area (Å²) in [6.07, 6.45) is 5.95. The van der Waals surface area contributed by atoms with Crippen LogP contribution in [0.1, 0.15) is 34.7 Å². The van der Waals surface area contributed by atoms with E-state index in [9.17, 15) is 13.2 Å². The van der Waals surface area contributed by atoms with Gasteiger partial charge in [0.1, 0.15) is 11.5 Å². The molecule has 8 nitrogen and oxygen atoms in total. The van der Waals surface area contributed by atoms with Gasteiger partial charge in [-0.25, -0.2) is 13.4 Å². The maximum atomic E-state index is 13.3. The van der Waals surface area contributed by atoms with Crippen LogP contribution in [0.25, 0.3) is 12.2 Å². The van der Waals surface area contributed by atoms with Crippen LogP contribution in [0.2, 0.25) is 0 Å².